The van der Waals surface area contributed by atoms with Crippen molar-refractivity contribution in [2.24, 2.45) is 5.41 Å². The Balaban J connectivity index is 2.67. The molecule has 0 spiro atoms. The topological polar surface area (TPSA) is 74.6 Å². The number of hydrogen-bond donors (Lipinski definition) is 2. The van der Waals surface area contributed by atoms with Gasteiger partial charge in [-0.2, -0.15) is 9.28 Å². The maximum absolute atomic E-state index is 12.1. The summed E-state index contributed by atoms with van der Waals surface area (Å²) in [6.07, 6.45) is 3.03. The lowest BCUT2D eigenvalue weighted by molar-refractivity contribution is -0.864. The molecule has 2 aliphatic rings. The molecule has 116 valence electrons. The van der Waals surface area contributed by atoms with Gasteiger partial charge < -0.3 is 10.2 Å². The SMILES string of the molecule is CC1(C(=O)O)C=C2C(=CC1)SCC[N+]2(C(=O)O)C(C)(C)C. The van der Waals surface area contributed by atoms with Crippen LogP contribution in [0.4, 0.5) is 4.79 Å². The second kappa shape index (κ2) is 4.88. The van der Waals surface area contributed by atoms with E-state index in [4.69, 9.17) is 0 Å². The Labute approximate surface area is 128 Å². The Hall–Kier alpha value is -1.27. The van der Waals surface area contributed by atoms with E-state index in [0.717, 1.165) is 10.7 Å². The van der Waals surface area contributed by atoms with Crippen molar-refractivity contribution in [2.45, 2.75) is 39.7 Å². The van der Waals surface area contributed by atoms with E-state index in [1.165, 1.54) is 0 Å². The summed E-state index contributed by atoms with van der Waals surface area (Å²) < 4.78 is -0.214. The Morgan fingerprint density at radius 2 is 1.95 bits per heavy atom. The Morgan fingerprint density at radius 1 is 1.33 bits per heavy atom. The minimum absolute atomic E-state index is 0.214. The van der Waals surface area contributed by atoms with Gasteiger partial charge >= 0.3 is 12.1 Å². The summed E-state index contributed by atoms with van der Waals surface area (Å²) in [4.78, 5) is 24.6. The molecule has 0 bridgehead atoms. The Bertz CT molecular complexity index is 561. The number of rotatable bonds is 1. The molecule has 2 unspecified atom stereocenters. The van der Waals surface area contributed by atoms with E-state index in [0.29, 0.717) is 18.7 Å². The molecule has 0 aromatic carbocycles. The number of allylic oxidation sites excluding steroid dienone is 1. The highest BCUT2D eigenvalue weighted by Gasteiger charge is 2.56. The molecular formula is C15H22NO4S+. The summed E-state index contributed by atoms with van der Waals surface area (Å²) in [6.45, 7) is 7.78. The van der Waals surface area contributed by atoms with E-state index in [9.17, 15) is 19.8 Å². The molecule has 2 atom stereocenters. The number of amides is 1. The second-order valence-electron chi connectivity index (χ2n) is 6.86. The van der Waals surface area contributed by atoms with Crippen LogP contribution in [0.1, 0.15) is 34.1 Å². The monoisotopic (exact) mass is 312 g/mol. The maximum Gasteiger partial charge on any atom is 0.519 e. The maximum atomic E-state index is 12.1. The third-order valence-corrected chi connectivity index (χ3v) is 5.55. The second-order valence-corrected chi connectivity index (χ2v) is 8.00. The number of nitrogens with zero attached hydrogens (tertiary/aromatic N) is 1. The van der Waals surface area contributed by atoms with Crippen molar-refractivity contribution in [3.8, 4) is 0 Å². The predicted molar refractivity (Wildman–Crippen MR) is 81.9 cm³/mol. The quantitative estimate of drug-likeness (QED) is 0.727. The van der Waals surface area contributed by atoms with Gasteiger partial charge in [-0.3, -0.25) is 4.79 Å². The fourth-order valence-corrected chi connectivity index (χ4v) is 4.17. The van der Waals surface area contributed by atoms with Crippen molar-refractivity contribution >= 4 is 23.8 Å². The highest BCUT2D eigenvalue weighted by Crippen LogP contribution is 2.48. The number of carboxylic acids is 1. The lowest BCUT2D eigenvalue weighted by Crippen LogP contribution is -2.65. The van der Waals surface area contributed by atoms with Crippen molar-refractivity contribution in [1.29, 1.82) is 0 Å². The molecular weight excluding hydrogens is 290 g/mol. The summed E-state index contributed by atoms with van der Waals surface area (Å²) in [7, 11) is 0. The number of carbonyl (C=O) groups is 2. The van der Waals surface area contributed by atoms with Gasteiger partial charge in [-0.15, -0.1) is 11.8 Å². The van der Waals surface area contributed by atoms with Crippen molar-refractivity contribution < 1.29 is 24.3 Å². The average molecular weight is 312 g/mol. The van der Waals surface area contributed by atoms with Gasteiger partial charge in [0.1, 0.15) is 12.1 Å². The number of aliphatic carboxylic acids is 1. The summed E-state index contributed by atoms with van der Waals surface area (Å²) in [5.74, 6) is -0.199. The highest BCUT2D eigenvalue weighted by atomic mass is 32.2. The normalized spacial score (nSPS) is 32.8. The largest absolute Gasteiger partial charge is 0.519 e. The Morgan fingerprint density at radius 3 is 2.43 bits per heavy atom. The zero-order valence-corrected chi connectivity index (χ0v) is 13.7. The number of quaternary nitrogens is 1. The van der Waals surface area contributed by atoms with Gasteiger partial charge in [0.15, 0.2) is 5.70 Å². The van der Waals surface area contributed by atoms with Gasteiger partial charge in [-0.1, -0.05) is 6.08 Å². The van der Waals surface area contributed by atoms with E-state index >= 15 is 0 Å². The van der Waals surface area contributed by atoms with Gasteiger partial charge in [-0.05, 0) is 40.2 Å². The van der Waals surface area contributed by atoms with E-state index in [-0.39, 0.29) is 4.48 Å². The lowest BCUT2D eigenvalue weighted by Gasteiger charge is -2.48. The summed E-state index contributed by atoms with van der Waals surface area (Å²) >= 11 is 1.62. The van der Waals surface area contributed by atoms with Crippen LogP contribution in [-0.4, -0.2) is 44.6 Å². The molecule has 1 amide bonds. The minimum atomic E-state index is -1.04. The molecule has 6 heteroatoms. The third-order valence-electron chi connectivity index (χ3n) is 4.48. The van der Waals surface area contributed by atoms with Gasteiger partial charge in [0.05, 0.1) is 10.3 Å². The van der Waals surface area contributed by atoms with E-state index < -0.39 is 23.0 Å². The first kappa shape index (κ1) is 16.1. The van der Waals surface area contributed by atoms with Crippen molar-refractivity contribution in [2.75, 3.05) is 12.3 Å². The van der Waals surface area contributed by atoms with Crippen LogP contribution in [0.15, 0.2) is 22.8 Å². The zero-order valence-electron chi connectivity index (χ0n) is 12.8. The summed E-state index contributed by atoms with van der Waals surface area (Å²) in [5, 5.41) is 19.4. The first-order chi connectivity index (χ1) is 9.54. The van der Waals surface area contributed by atoms with E-state index in [1.807, 2.05) is 26.8 Å². The van der Waals surface area contributed by atoms with Gasteiger partial charge in [0.2, 0.25) is 0 Å². The van der Waals surface area contributed by atoms with Gasteiger partial charge in [-0.25, -0.2) is 0 Å². The van der Waals surface area contributed by atoms with Crippen LogP contribution in [0.5, 0.6) is 0 Å². The highest BCUT2D eigenvalue weighted by molar-refractivity contribution is 8.03. The molecule has 1 aliphatic carbocycles. The summed E-state index contributed by atoms with van der Waals surface area (Å²) in [6, 6.07) is 0. The van der Waals surface area contributed by atoms with Crippen molar-refractivity contribution in [1.82, 2.24) is 0 Å². The van der Waals surface area contributed by atoms with Gasteiger partial charge in [0, 0.05) is 5.75 Å². The molecule has 2 N–H and O–H groups in total. The number of fused-ring (bicyclic) bond motifs is 1. The van der Waals surface area contributed by atoms with Gasteiger partial charge in [0.25, 0.3) is 0 Å². The zero-order chi connectivity index (χ0) is 16.1. The summed E-state index contributed by atoms with van der Waals surface area (Å²) in [5.41, 5.74) is -0.961. The number of carboxylic acid groups (broad SMARTS) is 2. The number of hydrogen-bond acceptors (Lipinski definition) is 3. The Kier molecular flexibility index (Phi) is 3.74. The molecule has 0 radical (unpaired) electrons. The fourth-order valence-electron chi connectivity index (χ4n) is 3.02. The van der Waals surface area contributed by atoms with E-state index in [2.05, 4.69) is 0 Å². The molecule has 0 aromatic rings. The van der Waals surface area contributed by atoms with Crippen LogP contribution in [0.2, 0.25) is 0 Å². The predicted octanol–water partition coefficient (Wildman–Crippen LogP) is 3.29. The molecule has 5 nitrogen and oxygen atoms in total. The molecule has 21 heavy (non-hydrogen) atoms. The third kappa shape index (κ3) is 2.30. The van der Waals surface area contributed by atoms with Crippen LogP contribution in [0, 0.1) is 5.41 Å². The van der Waals surface area contributed by atoms with Crippen LogP contribution < -0.4 is 0 Å². The number of thioether (sulfide) groups is 1. The fraction of sp³-hybridized carbons (Fsp3) is 0.600. The molecule has 1 heterocycles. The van der Waals surface area contributed by atoms with Crippen LogP contribution in [0.3, 0.4) is 0 Å². The first-order valence-electron chi connectivity index (χ1n) is 6.96. The average Bonchev–Trinajstić information content (AvgIpc) is 2.35. The minimum Gasteiger partial charge on any atom is -0.481 e. The van der Waals surface area contributed by atoms with Crippen LogP contribution in [0.25, 0.3) is 0 Å². The molecule has 0 saturated carbocycles. The molecule has 1 fully saturated rings. The standard InChI is InChI=1S/C15H21NO4S/c1-14(2,3)16(13(19)20)7-8-21-11-5-6-15(4,12(17)18)9-10(11)16/h5,9H,6-8H2,1-4H3,(H-,17,18,19,20)/p+1. The van der Waals surface area contributed by atoms with Crippen molar-refractivity contribution in [3.63, 3.8) is 0 Å². The van der Waals surface area contributed by atoms with E-state index in [1.54, 1.807) is 24.8 Å². The van der Waals surface area contributed by atoms with Crippen molar-refractivity contribution in [3.05, 3.63) is 22.8 Å². The van der Waals surface area contributed by atoms with Crippen LogP contribution >= 0.6 is 11.8 Å². The van der Waals surface area contributed by atoms with Crippen LogP contribution in [-0.2, 0) is 4.79 Å². The molecule has 0 aromatic heterocycles. The lowest BCUT2D eigenvalue weighted by atomic mass is 9.81. The smallest absolute Gasteiger partial charge is 0.481 e. The first-order valence-corrected chi connectivity index (χ1v) is 7.95. The molecule has 2 rings (SSSR count). The molecule has 1 saturated heterocycles. The molecule has 1 aliphatic heterocycles.